The predicted octanol–water partition coefficient (Wildman–Crippen LogP) is 5.87. The van der Waals surface area contributed by atoms with Gasteiger partial charge in [0.1, 0.15) is 0 Å². The van der Waals surface area contributed by atoms with Crippen molar-refractivity contribution in [1.82, 2.24) is 4.98 Å². The Bertz CT molecular complexity index is 670. The molecule has 0 spiro atoms. The van der Waals surface area contributed by atoms with Gasteiger partial charge in [-0.25, -0.2) is 4.98 Å². The number of aromatic nitrogens is 1. The summed E-state index contributed by atoms with van der Waals surface area (Å²) in [6.45, 7) is 0. The molecule has 1 heterocycles. The summed E-state index contributed by atoms with van der Waals surface area (Å²) in [6.07, 6.45) is -4.04. The minimum atomic E-state index is -4.77. The molecule has 8 heteroatoms. The summed E-state index contributed by atoms with van der Waals surface area (Å²) in [5.41, 5.74) is -2.25. The van der Waals surface area contributed by atoms with Gasteiger partial charge in [-0.15, -0.1) is 0 Å². The molecule has 0 aliphatic rings. The minimum absolute atomic E-state index is 0.0331. The highest BCUT2D eigenvalue weighted by Gasteiger charge is 2.36. The lowest BCUT2D eigenvalue weighted by Crippen LogP contribution is -2.09. The number of halogens is 7. The van der Waals surface area contributed by atoms with Crippen molar-refractivity contribution in [2.24, 2.45) is 0 Å². The zero-order valence-corrected chi connectivity index (χ0v) is 11.7. The Morgan fingerprint density at radius 1 is 1.05 bits per heavy atom. The zero-order chi connectivity index (χ0) is 15.1. The normalized spacial score (nSPS) is 11.8. The maximum absolute atomic E-state index is 13.8. The summed E-state index contributed by atoms with van der Waals surface area (Å²) >= 11 is 17.3. The number of hydrogen-bond donors (Lipinski definition) is 0. The molecule has 0 aliphatic carbocycles. The number of alkyl halides is 3. The average molecular weight is 345 g/mol. The van der Waals surface area contributed by atoms with Gasteiger partial charge in [0.2, 0.25) is 5.95 Å². The van der Waals surface area contributed by atoms with Crippen molar-refractivity contribution in [1.29, 1.82) is 0 Å². The smallest absolute Gasteiger partial charge is 0.228 e. The number of benzene rings is 1. The maximum Gasteiger partial charge on any atom is 0.417 e. The van der Waals surface area contributed by atoms with Crippen LogP contribution in [0.2, 0.25) is 15.1 Å². The molecule has 1 aromatic heterocycles. The van der Waals surface area contributed by atoms with Crippen LogP contribution in [-0.2, 0) is 6.18 Å². The van der Waals surface area contributed by atoms with Gasteiger partial charge in [-0.05, 0) is 18.2 Å². The maximum atomic E-state index is 13.8. The van der Waals surface area contributed by atoms with Crippen molar-refractivity contribution in [3.05, 3.63) is 51.0 Å². The van der Waals surface area contributed by atoms with Crippen molar-refractivity contribution in [2.45, 2.75) is 6.18 Å². The lowest BCUT2D eigenvalue weighted by atomic mass is 10.0. The van der Waals surface area contributed by atoms with Crippen LogP contribution in [0.1, 0.15) is 5.56 Å². The molecule has 0 N–H and O–H groups in total. The zero-order valence-electron chi connectivity index (χ0n) is 9.40. The van der Waals surface area contributed by atoms with Crippen molar-refractivity contribution in [3.63, 3.8) is 0 Å². The van der Waals surface area contributed by atoms with Gasteiger partial charge in [-0.2, -0.15) is 17.6 Å². The molecular formula is C12H4Cl3F4N. The van der Waals surface area contributed by atoms with Gasteiger partial charge < -0.3 is 0 Å². The summed E-state index contributed by atoms with van der Waals surface area (Å²) in [6, 6.07) is 3.01. The summed E-state index contributed by atoms with van der Waals surface area (Å²) in [5, 5.41) is -0.273. The van der Waals surface area contributed by atoms with E-state index in [0.717, 1.165) is 12.3 Å². The number of nitrogens with zero attached hydrogens (tertiary/aromatic N) is 1. The Morgan fingerprint density at radius 2 is 1.70 bits per heavy atom. The fourth-order valence-corrected chi connectivity index (χ4v) is 2.36. The van der Waals surface area contributed by atoms with E-state index in [1.807, 2.05) is 0 Å². The van der Waals surface area contributed by atoms with Crippen molar-refractivity contribution in [3.8, 4) is 11.1 Å². The minimum Gasteiger partial charge on any atom is -0.228 e. The first-order valence-corrected chi connectivity index (χ1v) is 6.22. The molecular weight excluding hydrogens is 340 g/mol. The third-order valence-electron chi connectivity index (χ3n) is 2.47. The molecule has 0 atom stereocenters. The van der Waals surface area contributed by atoms with Crippen LogP contribution in [0, 0.1) is 5.95 Å². The SMILES string of the molecule is Fc1nccc(C(F)(F)F)c1-c1cc(Cl)cc(Cl)c1Cl. The fraction of sp³-hybridized carbons (Fsp3) is 0.0833. The summed E-state index contributed by atoms with van der Waals surface area (Å²) in [4.78, 5) is 3.22. The first kappa shape index (κ1) is 15.4. The van der Waals surface area contributed by atoms with E-state index >= 15 is 0 Å². The number of rotatable bonds is 1. The summed E-state index contributed by atoms with van der Waals surface area (Å²) in [5.74, 6) is -1.31. The molecule has 0 radical (unpaired) electrons. The van der Waals surface area contributed by atoms with Crippen molar-refractivity contribution < 1.29 is 17.6 Å². The molecule has 0 bridgehead atoms. The van der Waals surface area contributed by atoms with Gasteiger partial charge in [0.25, 0.3) is 0 Å². The lowest BCUT2D eigenvalue weighted by Gasteiger charge is -2.15. The van der Waals surface area contributed by atoms with Crippen LogP contribution in [0.4, 0.5) is 17.6 Å². The summed E-state index contributed by atoms with van der Waals surface area (Å²) < 4.78 is 52.6. The second kappa shape index (κ2) is 5.39. The van der Waals surface area contributed by atoms with Crippen LogP contribution in [-0.4, -0.2) is 4.98 Å². The number of pyridine rings is 1. The monoisotopic (exact) mass is 343 g/mol. The Kier molecular flexibility index (Phi) is 4.14. The molecule has 2 rings (SSSR count). The van der Waals surface area contributed by atoms with Crippen LogP contribution in [0.25, 0.3) is 11.1 Å². The van der Waals surface area contributed by atoms with E-state index in [9.17, 15) is 17.6 Å². The molecule has 0 saturated carbocycles. The van der Waals surface area contributed by atoms with E-state index in [1.165, 1.54) is 6.07 Å². The lowest BCUT2D eigenvalue weighted by molar-refractivity contribution is -0.137. The molecule has 106 valence electrons. The van der Waals surface area contributed by atoms with Crippen LogP contribution in [0.3, 0.4) is 0 Å². The molecule has 1 nitrogen and oxygen atoms in total. The quantitative estimate of drug-likeness (QED) is 0.358. The van der Waals surface area contributed by atoms with E-state index in [2.05, 4.69) is 4.98 Å². The first-order valence-electron chi connectivity index (χ1n) is 5.08. The molecule has 0 aliphatic heterocycles. The van der Waals surface area contributed by atoms with E-state index < -0.39 is 23.3 Å². The Balaban J connectivity index is 2.83. The van der Waals surface area contributed by atoms with Gasteiger partial charge >= 0.3 is 6.18 Å². The van der Waals surface area contributed by atoms with Gasteiger partial charge in [0.15, 0.2) is 0 Å². The Morgan fingerprint density at radius 3 is 2.30 bits per heavy atom. The second-order valence-corrected chi connectivity index (χ2v) is 4.99. The van der Waals surface area contributed by atoms with Crippen LogP contribution < -0.4 is 0 Å². The van der Waals surface area contributed by atoms with E-state index in [0.29, 0.717) is 6.07 Å². The highest BCUT2D eigenvalue weighted by atomic mass is 35.5. The molecule has 0 fully saturated rings. The summed E-state index contributed by atoms with van der Waals surface area (Å²) in [7, 11) is 0. The van der Waals surface area contributed by atoms with E-state index in [-0.39, 0.29) is 20.6 Å². The third kappa shape index (κ3) is 2.85. The number of hydrogen-bond acceptors (Lipinski definition) is 1. The Labute approximate surface area is 126 Å². The van der Waals surface area contributed by atoms with Gasteiger partial charge in [0, 0.05) is 16.8 Å². The standard InChI is InChI=1S/C12H4Cl3F4N/c13-5-3-6(10(15)8(14)4-5)9-7(12(17,18)19)1-2-20-11(9)16/h1-4H. The average Bonchev–Trinajstić information content (AvgIpc) is 2.32. The molecule has 0 amide bonds. The van der Waals surface area contributed by atoms with Gasteiger partial charge in [-0.3, -0.25) is 0 Å². The van der Waals surface area contributed by atoms with E-state index in [4.69, 9.17) is 34.8 Å². The van der Waals surface area contributed by atoms with Crippen LogP contribution >= 0.6 is 34.8 Å². The largest absolute Gasteiger partial charge is 0.417 e. The van der Waals surface area contributed by atoms with Crippen LogP contribution in [0.5, 0.6) is 0 Å². The van der Waals surface area contributed by atoms with Crippen LogP contribution in [0.15, 0.2) is 24.4 Å². The molecule has 1 aromatic carbocycles. The second-order valence-electron chi connectivity index (χ2n) is 3.77. The van der Waals surface area contributed by atoms with Crippen molar-refractivity contribution >= 4 is 34.8 Å². The Hall–Kier alpha value is -1.04. The predicted molar refractivity (Wildman–Crippen MR) is 69.7 cm³/mol. The highest BCUT2D eigenvalue weighted by Crippen LogP contribution is 2.43. The molecule has 0 unspecified atom stereocenters. The topological polar surface area (TPSA) is 12.9 Å². The first-order chi connectivity index (χ1) is 9.21. The van der Waals surface area contributed by atoms with Gasteiger partial charge in [-0.1, -0.05) is 34.8 Å². The molecule has 20 heavy (non-hydrogen) atoms. The molecule has 0 saturated heterocycles. The highest BCUT2D eigenvalue weighted by molar-refractivity contribution is 6.45. The third-order valence-corrected chi connectivity index (χ3v) is 3.49. The fourth-order valence-electron chi connectivity index (χ4n) is 1.67. The van der Waals surface area contributed by atoms with Crippen molar-refractivity contribution in [2.75, 3.05) is 0 Å². The van der Waals surface area contributed by atoms with Gasteiger partial charge in [0.05, 0.1) is 21.2 Å². The van der Waals surface area contributed by atoms with E-state index in [1.54, 1.807) is 0 Å². The molecule has 2 aromatic rings.